The Labute approximate surface area is 159 Å². The molecule has 2 aromatic rings. The molecular formula is C19H20BrF2NO3. The minimum absolute atomic E-state index is 0.143. The van der Waals surface area contributed by atoms with Crippen LogP contribution in [0, 0.1) is 11.6 Å². The normalized spacial score (nSPS) is 10.5. The Balaban J connectivity index is 2.22. The van der Waals surface area contributed by atoms with Gasteiger partial charge >= 0.3 is 0 Å². The number of benzene rings is 2. The van der Waals surface area contributed by atoms with Crippen LogP contribution in [0.3, 0.4) is 0 Å². The number of methoxy groups -OCH3 is 1. The predicted molar refractivity (Wildman–Crippen MR) is 98.6 cm³/mol. The van der Waals surface area contributed by atoms with E-state index < -0.39 is 11.6 Å². The van der Waals surface area contributed by atoms with Gasteiger partial charge in [0.2, 0.25) is 0 Å². The SMILES string of the molecule is CCCOc1c(Br)cc(C(=O)N(C)Cc2ccc(F)c(F)c2)cc1OC. The zero-order chi connectivity index (χ0) is 19.3. The van der Waals surface area contributed by atoms with Gasteiger partial charge in [-0.2, -0.15) is 0 Å². The van der Waals surface area contributed by atoms with Crippen molar-refractivity contribution in [2.75, 3.05) is 20.8 Å². The maximum Gasteiger partial charge on any atom is 0.254 e. The average Bonchev–Trinajstić information content (AvgIpc) is 2.62. The quantitative estimate of drug-likeness (QED) is 0.636. The van der Waals surface area contributed by atoms with Crippen molar-refractivity contribution >= 4 is 21.8 Å². The van der Waals surface area contributed by atoms with Gasteiger partial charge in [0.15, 0.2) is 23.1 Å². The van der Waals surface area contributed by atoms with E-state index >= 15 is 0 Å². The van der Waals surface area contributed by atoms with E-state index in [0.29, 0.717) is 33.7 Å². The van der Waals surface area contributed by atoms with E-state index in [1.165, 1.54) is 18.1 Å². The summed E-state index contributed by atoms with van der Waals surface area (Å²) in [4.78, 5) is 14.1. The highest BCUT2D eigenvalue weighted by Gasteiger charge is 2.18. The second kappa shape index (κ2) is 8.98. The molecule has 0 unspecified atom stereocenters. The van der Waals surface area contributed by atoms with Crippen molar-refractivity contribution in [3.8, 4) is 11.5 Å². The van der Waals surface area contributed by atoms with Crippen LogP contribution in [0.25, 0.3) is 0 Å². The lowest BCUT2D eigenvalue weighted by Crippen LogP contribution is -2.26. The lowest BCUT2D eigenvalue weighted by atomic mass is 10.1. The molecule has 0 aliphatic heterocycles. The summed E-state index contributed by atoms with van der Waals surface area (Å²) in [7, 11) is 3.09. The Morgan fingerprint density at radius 1 is 1.19 bits per heavy atom. The van der Waals surface area contributed by atoms with Crippen LogP contribution in [0.2, 0.25) is 0 Å². The van der Waals surface area contributed by atoms with E-state index in [1.807, 2.05) is 6.92 Å². The molecule has 0 saturated carbocycles. The number of ether oxygens (including phenoxy) is 2. The maximum absolute atomic E-state index is 13.3. The van der Waals surface area contributed by atoms with Crippen molar-refractivity contribution < 1.29 is 23.0 Å². The lowest BCUT2D eigenvalue weighted by Gasteiger charge is -2.19. The Hall–Kier alpha value is -2.15. The Morgan fingerprint density at radius 3 is 2.54 bits per heavy atom. The highest BCUT2D eigenvalue weighted by molar-refractivity contribution is 9.10. The third-order valence-electron chi connectivity index (χ3n) is 3.68. The van der Waals surface area contributed by atoms with Gasteiger partial charge in [-0.1, -0.05) is 13.0 Å². The van der Waals surface area contributed by atoms with Crippen molar-refractivity contribution in [3.63, 3.8) is 0 Å². The molecule has 26 heavy (non-hydrogen) atoms. The molecular weight excluding hydrogens is 408 g/mol. The van der Waals surface area contributed by atoms with Crippen molar-refractivity contribution in [2.24, 2.45) is 0 Å². The number of hydrogen-bond acceptors (Lipinski definition) is 3. The molecule has 0 saturated heterocycles. The monoisotopic (exact) mass is 427 g/mol. The van der Waals surface area contributed by atoms with Crippen molar-refractivity contribution in [3.05, 3.63) is 57.6 Å². The Bertz CT molecular complexity index is 799. The molecule has 0 aliphatic rings. The summed E-state index contributed by atoms with van der Waals surface area (Å²) in [5.74, 6) is -1.16. The third kappa shape index (κ3) is 4.72. The summed E-state index contributed by atoms with van der Waals surface area (Å²) in [6.45, 7) is 2.66. The van der Waals surface area contributed by atoms with Crippen molar-refractivity contribution in [2.45, 2.75) is 19.9 Å². The number of nitrogens with zero attached hydrogens (tertiary/aromatic N) is 1. The molecule has 140 valence electrons. The lowest BCUT2D eigenvalue weighted by molar-refractivity contribution is 0.0784. The topological polar surface area (TPSA) is 38.8 Å². The smallest absolute Gasteiger partial charge is 0.254 e. The molecule has 0 radical (unpaired) electrons. The second-order valence-corrected chi connectivity index (χ2v) is 6.60. The minimum Gasteiger partial charge on any atom is -0.493 e. The largest absolute Gasteiger partial charge is 0.493 e. The standard InChI is InChI=1S/C19H20BrF2NO3/c1-4-7-26-18-14(20)9-13(10-17(18)25-3)19(24)23(2)11-12-5-6-15(21)16(22)8-12/h5-6,8-10H,4,7,11H2,1-3H3. The van der Waals surface area contributed by atoms with Gasteiger partial charge in [-0.05, 0) is 52.2 Å². The number of halogens is 3. The molecule has 0 atom stereocenters. The van der Waals surface area contributed by atoms with Crippen LogP contribution in [-0.2, 0) is 6.54 Å². The zero-order valence-corrected chi connectivity index (χ0v) is 16.4. The molecule has 7 heteroatoms. The van der Waals surface area contributed by atoms with E-state index in [-0.39, 0.29) is 12.5 Å². The first-order valence-corrected chi connectivity index (χ1v) is 8.86. The van der Waals surface area contributed by atoms with Crippen LogP contribution < -0.4 is 9.47 Å². The predicted octanol–water partition coefficient (Wildman–Crippen LogP) is 4.80. The molecule has 2 aromatic carbocycles. The van der Waals surface area contributed by atoms with Crippen LogP contribution in [0.4, 0.5) is 8.78 Å². The molecule has 0 heterocycles. The second-order valence-electron chi connectivity index (χ2n) is 5.75. The summed E-state index contributed by atoms with van der Waals surface area (Å²) in [5.41, 5.74) is 0.885. The molecule has 2 rings (SSSR count). The van der Waals surface area contributed by atoms with Crippen LogP contribution >= 0.6 is 15.9 Å². The van der Waals surface area contributed by atoms with Crippen LogP contribution in [0.1, 0.15) is 29.3 Å². The fourth-order valence-electron chi connectivity index (χ4n) is 2.39. The van der Waals surface area contributed by atoms with Gasteiger partial charge < -0.3 is 14.4 Å². The summed E-state index contributed by atoms with van der Waals surface area (Å²) >= 11 is 3.40. The molecule has 0 bridgehead atoms. The molecule has 4 nitrogen and oxygen atoms in total. The third-order valence-corrected chi connectivity index (χ3v) is 4.27. The highest BCUT2D eigenvalue weighted by atomic mass is 79.9. The minimum atomic E-state index is -0.940. The summed E-state index contributed by atoms with van der Waals surface area (Å²) in [6, 6.07) is 6.82. The first-order valence-electron chi connectivity index (χ1n) is 8.07. The zero-order valence-electron chi connectivity index (χ0n) is 14.8. The number of rotatable bonds is 7. The summed E-state index contributed by atoms with van der Waals surface area (Å²) in [5, 5.41) is 0. The summed E-state index contributed by atoms with van der Waals surface area (Å²) < 4.78 is 37.9. The van der Waals surface area contributed by atoms with Crippen LogP contribution in [0.15, 0.2) is 34.8 Å². The molecule has 0 spiro atoms. The van der Waals surface area contributed by atoms with Crippen LogP contribution in [0.5, 0.6) is 11.5 Å². The fourth-order valence-corrected chi connectivity index (χ4v) is 2.95. The number of hydrogen-bond donors (Lipinski definition) is 0. The van der Waals surface area contributed by atoms with Crippen molar-refractivity contribution in [1.82, 2.24) is 4.90 Å². The molecule has 0 aromatic heterocycles. The first kappa shape index (κ1) is 20.2. The number of carbonyl (C=O) groups excluding carboxylic acids is 1. The molecule has 0 aliphatic carbocycles. The van der Waals surface area contributed by atoms with Gasteiger partial charge in [0.25, 0.3) is 5.91 Å². The van der Waals surface area contributed by atoms with Gasteiger partial charge in [0.05, 0.1) is 18.2 Å². The van der Waals surface area contributed by atoms with E-state index in [2.05, 4.69) is 15.9 Å². The molecule has 0 fully saturated rings. The highest BCUT2D eigenvalue weighted by Crippen LogP contribution is 2.37. The van der Waals surface area contributed by atoms with Gasteiger partial charge in [-0.25, -0.2) is 8.78 Å². The van der Waals surface area contributed by atoms with Crippen molar-refractivity contribution in [1.29, 1.82) is 0 Å². The Kier molecular flexibility index (Phi) is 6.97. The van der Waals surface area contributed by atoms with Gasteiger partial charge in [0, 0.05) is 19.2 Å². The van der Waals surface area contributed by atoms with Gasteiger partial charge in [0.1, 0.15) is 0 Å². The first-order chi connectivity index (χ1) is 12.4. The van der Waals surface area contributed by atoms with Crippen LogP contribution in [-0.4, -0.2) is 31.6 Å². The molecule has 0 N–H and O–H groups in total. The van der Waals surface area contributed by atoms with E-state index in [9.17, 15) is 13.6 Å². The van der Waals surface area contributed by atoms with E-state index in [1.54, 1.807) is 19.2 Å². The van der Waals surface area contributed by atoms with E-state index in [0.717, 1.165) is 18.6 Å². The summed E-state index contributed by atoms with van der Waals surface area (Å²) in [6.07, 6.45) is 0.841. The number of amides is 1. The fraction of sp³-hybridized carbons (Fsp3) is 0.316. The van der Waals surface area contributed by atoms with E-state index in [4.69, 9.17) is 9.47 Å². The van der Waals surface area contributed by atoms with Gasteiger partial charge in [-0.3, -0.25) is 4.79 Å². The average molecular weight is 428 g/mol. The number of carbonyl (C=O) groups is 1. The molecule has 1 amide bonds. The Morgan fingerprint density at radius 2 is 1.92 bits per heavy atom. The van der Waals surface area contributed by atoms with Gasteiger partial charge in [-0.15, -0.1) is 0 Å². The maximum atomic E-state index is 13.3.